The van der Waals surface area contributed by atoms with Crippen molar-refractivity contribution in [2.24, 2.45) is 4.99 Å². The zero-order valence-corrected chi connectivity index (χ0v) is 16.3. The molecule has 1 aromatic carbocycles. The van der Waals surface area contributed by atoms with Crippen LogP contribution in [0.15, 0.2) is 59.9 Å². The van der Waals surface area contributed by atoms with Gasteiger partial charge in [-0.1, -0.05) is 18.2 Å². The number of guanidine groups is 1. The Hall–Kier alpha value is -3.09. The first-order chi connectivity index (χ1) is 13.8. The minimum atomic E-state index is -0.129. The third kappa shape index (κ3) is 5.70. The second kappa shape index (κ2) is 10.3. The number of benzene rings is 1. The summed E-state index contributed by atoms with van der Waals surface area (Å²) < 4.78 is 0. The van der Waals surface area contributed by atoms with Crippen molar-refractivity contribution in [2.45, 2.75) is 19.4 Å². The number of nitrogens with one attached hydrogen (secondary N) is 3. The summed E-state index contributed by atoms with van der Waals surface area (Å²) in [5.74, 6) is 0.661. The third-order valence-electron chi connectivity index (χ3n) is 4.59. The number of aromatic nitrogens is 1. The van der Waals surface area contributed by atoms with Gasteiger partial charge in [-0.2, -0.15) is 0 Å². The molecule has 0 spiro atoms. The van der Waals surface area contributed by atoms with Crippen molar-refractivity contribution < 1.29 is 4.79 Å². The summed E-state index contributed by atoms with van der Waals surface area (Å²) in [4.78, 5) is 23.0. The summed E-state index contributed by atoms with van der Waals surface area (Å²) in [5.41, 5.74) is 1.82. The Morgan fingerprint density at radius 1 is 1.21 bits per heavy atom. The van der Waals surface area contributed by atoms with Gasteiger partial charge in [-0.25, -0.2) is 0 Å². The maximum Gasteiger partial charge on any atom is 0.252 e. The molecule has 1 amide bonds. The van der Waals surface area contributed by atoms with Crippen molar-refractivity contribution in [3.63, 3.8) is 0 Å². The van der Waals surface area contributed by atoms with Crippen LogP contribution in [0.2, 0.25) is 0 Å². The third-order valence-corrected chi connectivity index (χ3v) is 4.59. The van der Waals surface area contributed by atoms with E-state index in [0.29, 0.717) is 24.7 Å². The molecule has 1 atom stereocenters. The van der Waals surface area contributed by atoms with Gasteiger partial charge in [-0.3, -0.25) is 14.8 Å². The standard InChI is InChI=1S/C21H28N6O/c1-2-23-21(25-13-12-24-20(28)17-7-6-11-22-15-17)26-18-10-14-27(16-18)19-8-4-3-5-9-19/h3-9,11,15,18H,2,10,12-14,16H2,1H3,(H,24,28)(H2,23,25,26). The van der Waals surface area contributed by atoms with Crippen molar-refractivity contribution in [1.29, 1.82) is 0 Å². The highest BCUT2D eigenvalue weighted by molar-refractivity contribution is 5.93. The fourth-order valence-electron chi connectivity index (χ4n) is 3.20. The number of nitrogens with zero attached hydrogens (tertiary/aromatic N) is 3. The minimum Gasteiger partial charge on any atom is -0.369 e. The van der Waals surface area contributed by atoms with Gasteiger partial charge in [-0.05, 0) is 37.6 Å². The highest BCUT2D eigenvalue weighted by atomic mass is 16.1. The average molecular weight is 380 g/mol. The number of amides is 1. The Labute approximate surface area is 166 Å². The van der Waals surface area contributed by atoms with Gasteiger partial charge < -0.3 is 20.9 Å². The Bertz CT molecular complexity index is 765. The second-order valence-corrected chi connectivity index (χ2v) is 6.67. The summed E-state index contributed by atoms with van der Waals surface area (Å²) in [6.45, 7) is 5.81. The molecule has 1 aromatic heterocycles. The Morgan fingerprint density at radius 2 is 2.07 bits per heavy atom. The molecule has 7 nitrogen and oxygen atoms in total. The van der Waals surface area contributed by atoms with Gasteiger partial charge in [0.25, 0.3) is 5.91 Å². The largest absolute Gasteiger partial charge is 0.369 e. The monoisotopic (exact) mass is 380 g/mol. The van der Waals surface area contributed by atoms with E-state index in [1.807, 2.05) is 13.0 Å². The molecule has 2 heterocycles. The first kappa shape index (κ1) is 19.7. The fraction of sp³-hybridized carbons (Fsp3) is 0.381. The second-order valence-electron chi connectivity index (χ2n) is 6.67. The van der Waals surface area contributed by atoms with Gasteiger partial charge in [-0.15, -0.1) is 0 Å². The van der Waals surface area contributed by atoms with E-state index in [1.54, 1.807) is 24.5 Å². The van der Waals surface area contributed by atoms with E-state index in [0.717, 1.165) is 32.0 Å². The van der Waals surface area contributed by atoms with E-state index in [9.17, 15) is 4.79 Å². The normalized spacial score (nSPS) is 16.7. The van der Waals surface area contributed by atoms with Crippen molar-refractivity contribution >= 4 is 17.6 Å². The lowest BCUT2D eigenvalue weighted by atomic mass is 10.2. The van der Waals surface area contributed by atoms with Gasteiger partial charge in [0.15, 0.2) is 5.96 Å². The van der Waals surface area contributed by atoms with E-state index in [2.05, 4.69) is 55.1 Å². The number of hydrogen-bond donors (Lipinski definition) is 3. The van der Waals surface area contributed by atoms with Gasteiger partial charge in [0.05, 0.1) is 12.1 Å². The smallest absolute Gasteiger partial charge is 0.252 e. The van der Waals surface area contributed by atoms with Gasteiger partial charge in [0, 0.05) is 50.3 Å². The molecule has 148 valence electrons. The summed E-state index contributed by atoms with van der Waals surface area (Å²) in [7, 11) is 0. The predicted octanol–water partition coefficient (Wildman–Crippen LogP) is 1.65. The maximum atomic E-state index is 12.0. The van der Waals surface area contributed by atoms with Gasteiger partial charge >= 0.3 is 0 Å². The number of aliphatic imine (C=N–C) groups is 1. The molecule has 1 fully saturated rings. The molecule has 1 aliphatic rings. The van der Waals surface area contributed by atoms with E-state index >= 15 is 0 Å². The highest BCUT2D eigenvalue weighted by Crippen LogP contribution is 2.19. The molecule has 7 heteroatoms. The van der Waals surface area contributed by atoms with E-state index in [1.165, 1.54) is 5.69 Å². The van der Waals surface area contributed by atoms with Crippen LogP contribution in [0.1, 0.15) is 23.7 Å². The lowest BCUT2D eigenvalue weighted by Crippen LogP contribution is -2.45. The Kier molecular flexibility index (Phi) is 7.23. The van der Waals surface area contributed by atoms with Crippen molar-refractivity contribution in [3.8, 4) is 0 Å². The molecule has 3 rings (SSSR count). The van der Waals surface area contributed by atoms with Crippen LogP contribution in [0.25, 0.3) is 0 Å². The average Bonchev–Trinajstić information content (AvgIpc) is 3.21. The SMILES string of the molecule is CCNC(=NCCNC(=O)c1cccnc1)NC1CCN(c2ccccc2)C1. The van der Waals surface area contributed by atoms with Gasteiger partial charge in [0.1, 0.15) is 0 Å². The predicted molar refractivity (Wildman–Crippen MR) is 113 cm³/mol. The van der Waals surface area contributed by atoms with Crippen LogP contribution in [0.5, 0.6) is 0 Å². The van der Waals surface area contributed by atoms with Crippen LogP contribution in [0.4, 0.5) is 5.69 Å². The first-order valence-corrected chi connectivity index (χ1v) is 9.79. The zero-order valence-electron chi connectivity index (χ0n) is 16.3. The first-order valence-electron chi connectivity index (χ1n) is 9.79. The molecule has 2 aromatic rings. The number of carbonyl (C=O) groups is 1. The molecule has 0 aliphatic carbocycles. The molecule has 0 radical (unpaired) electrons. The maximum absolute atomic E-state index is 12.0. The quantitative estimate of drug-likeness (QED) is 0.387. The molecule has 0 saturated carbocycles. The molecule has 28 heavy (non-hydrogen) atoms. The highest BCUT2D eigenvalue weighted by Gasteiger charge is 2.23. The van der Waals surface area contributed by atoms with Crippen LogP contribution in [-0.2, 0) is 0 Å². The number of carbonyl (C=O) groups excluding carboxylic acids is 1. The van der Waals surface area contributed by atoms with E-state index in [-0.39, 0.29) is 5.91 Å². The number of rotatable bonds is 7. The fourth-order valence-corrected chi connectivity index (χ4v) is 3.20. The summed E-state index contributed by atoms with van der Waals surface area (Å²) in [6.07, 6.45) is 4.28. The molecule has 1 saturated heterocycles. The molecule has 0 bridgehead atoms. The van der Waals surface area contributed by atoms with Crippen LogP contribution in [0.3, 0.4) is 0 Å². The Balaban J connectivity index is 1.46. The lowest BCUT2D eigenvalue weighted by molar-refractivity contribution is 0.0954. The molecule has 1 unspecified atom stereocenters. The van der Waals surface area contributed by atoms with Crippen LogP contribution in [0, 0.1) is 0 Å². The number of anilines is 1. The van der Waals surface area contributed by atoms with Crippen molar-refractivity contribution in [1.82, 2.24) is 20.9 Å². The van der Waals surface area contributed by atoms with Crippen LogP contribution in [-0.4, -0.2) is 55.6 Å². The van der Waals surface area contributed by atoms with Crippen molar-refractivity contribution in [2.75, 3.05) is 37.6 Å². The number of pyridine rings is 1. The Morgan fingerprint density at radius 3 is 2.82 bits per heavy atom. The molecular weight excluding hydrogens is 352 g/mol. The summed E-state index contributed by atoms with van der Waals surface area (Å²) in [5, 5.41) is 9.66. The lowest BCUT2D eigenvalue weighted by Gasteiger charge is -2.20. The molecular formula is C21H28N6O. The van der Waals surface area contributed by atoms with Gasteiger partial charge in [0.2, 0.25) is 0 Å². The zero-order chi connectivity index (χ0) is 19.6. The minimum absolute atomic E-state index is 0.129. The molecule has 3 N–H and O–H groups in total. The summed E-state index contributed by atoms with van der Waals surface area (Å²) in [6, 6.07) is 14.3. The topological polar surface area (TPSA) is 81.6 Å². The number of hydrogen-bond acceptors (Lipinski definition) is 4. The van der Waals surface area contributed by atoms with Crippen LogP contribution < -0.4 is 20.9 Å². The summed E-state index contributed by atoms with van der Waals surface area (Å²) >= 11 is 0. The number of para-hydroxylation sites is 1. The van der Waals surface area contributed by atoms with E-state index < -0.39 is 0 Å². The van der Waals surface area contributed by atoms with Crippen molar-refractivity contribution in [3.05, 3.63) is 60.4 Å². The van der Waals surface area contributed by atoms with E-state index in [4.69, 9.17) is 0 Å². The molecule has 1 aliphatic heterocycles. The van der Waals surface area contributed by atoms with Crippen LogP contribution >= 0.6 is 0 Å².